The van der Waals surface area contributed by atoms with Gasteiger partial charge in [-0.05, 0) is 17.0 Å². The van der Waals surface area contributed by atoms with Crippen LogP contribution in [0.3, 0.4) is 0 Å². The number of fused-ring (bicyclic) bond motifs is 1. The molecule has 3 aromatic rings. The van der Waals surface area contributed by atoms with Gasteiger partial charge in [-0.2, -0.15) is 0 Å². The number of carboxylic acid groups (broad SMARTS) is 1. The molecule has 3 rings (SSSR count). The van der Waals surface area contributed by atoms with Crippen LogP contribution in [0.15, 0.2) is 72.8 Å². The first-order chi connectivity index (χ1) is 11.6. The predicted molar refractivity (Wildman–Crippen MR) is 91.4 cm³/mol. The first-order valence-electron chi connectivity index (χ1n) is 7.68. The number of hydrogen-bond acceptors (Lipinski definition) is 3. The third kappa shape index (κ3) is 3.43. The molecule has 0 bridgehead atoms. The van der Waals surface area contributed by atoms with Crippen LogP contribution in [0.1, 0.15) is 17.9 Å². The maximum Gasteiger partial charge on any atom is 0.225 e. The van der Waals surface area contributed by atoms with Gasteiger partial charge in [0.2, 0.25) is 5.91 Å². The monoisotopic (exact) mass is 318 g/mol. The number of carbonyl (C=O) groups excluding carboxylic acids is 2. The fourth-order valence-electron chi connectivity index (χ4n) is 2.74. The van der Waals surface area contributed by atoms with E-state index in [0.717, 1.165) is 10.8 Å². The highest BCUT2D eigenvalue weighted by Crippen LogP contribution is 2.24. The topological polar surface area (TPSA) is 69.2 Å². The van der Waals surface area contributed by atoms with Crippen molar-refractivity contribution in [2.45, 2.75) is 12.3 Å². The lowest BCUT2D eigenvalue weighted by atomic mass is 9.95. The molecule has 0 spiro atoms. The Morgan fingerprint density at radius 1 is 0.875 bits per heavy atom. The Kier molecular flexibility index (Phi) is 4.57. The second-order valence-electron chi connectivity index (χ2n) is 5.56. The lowest BCUT2D eigenvalue weighted by Gasteiger charge is -2.18. The number of nitrogens with one attached hydrogen (secondary N) is 1. The highest BCUT2D eigenvalue weighted by Gasteiger charge is 2.17. The van der Waals surface area contributed by atoms with Crippen molar-refractivity contribution in [1.82, 2.24) is 0 Å². The Bertz CT molecular complexity index is 869. The highest BCUT2D eigenvalue weighted by atomic mass is 16.4. The molecule has 0 aromatic heterocycles. The molecule has 4 heteroatoms. The molecule has 24 heavy (non-hydrogen) atoms. The molecule has 1 atom stereocenters. The maximum atomic E-state index is 12.3. The minimum absolute atomic E-state index is 0.171. The second-order valence-corrected chi connectivity index (χ2v) is 5.56. The van der Waals surface area contributed by atoms with E-state index in [9.17, 15) is 14.7 Å². The average Bonchev–Trinajstić information content (AvgIpc) is 2.60. The molecule has 1 amide bonds. The van der Waals surface area contributed by atoms with Crippen molar-refractivity contribution in [3.63, 3.8) is 0 Å². The van der Waals surface area contributed by atoms with Gasteiger partial charge < -0.3 is 15.2 Å². The number of carboxylic acids is 1. The molecule has 0 saturated carbocycles. The second kappa shape index (κ2) is 6.96. The van der Waals surface area contributed by atoms with E-state index >= 15 is 0 Å². The summed E-state index contributed by atoms with van der Waals surface area (Å²) in [7, 11) is 0. The van der Waals surface area contributed by atoms with Gasteiger partial charge >= 0.3 is 0 Å². The van der Waals surface area contributed by atoms with Crippen LogP contribution in [-0.4, -0.2) is 11.9 Å². The van der Waals surface area contributed by atoms with E-state index in [2.05, 4.69) is 5.32 Å². The van der Waals surface area contributed by atoms with Gasteiger partial charge in [0, 0.05) is 29.4 Å². The van der Waals surface area contributed by atoms with Gasteiger partial charge in [-0.15, -0.1) is 0 Å². The molecule has 0 aliphatic heterocycles. The fraction of sp³-hybridized carbons (Fsp3) is 0.100. The lowest BCUT2D eigenvalue weighted by Crippen LogP contribution is -2.32. The summed E-state index contributed by atoms with van der Waals surface area (Å²) in [6, 6.07) is 22.0. The summed E-state index contributed by atoms with van der Waals surface area (Å²) in [5.74, 6) is -2.58. The number of rotatable bonds is 5. The Labute approximate surface area is 139 Å². The Balaban J connectivity index is 1.80. The molecule has 4 nitrogen and oxygen atoms in total. The quantitative estimate of drug-likeness (QED) is 0.786. The first kappa shape index (κ1) is 15.7. The summed E-state index contributed by atoms with van der Waals surface area (Å²) in [6.45, 7) is 0. The zero-order valence-corrected chi connectivity index (χ0v) is 12.9. The van der Waals surface area contributed by atoms with E-state index in [-0.39, 0.29) is 12.3 Å². The van der Waals surface area contributed by atoms with Crippen LogP contribution < -0.4 is 10.4 Å². The smallest absolute Gasteiger partial charge is 0.225 e. The standard InChI is InChI=1S/C20H17NO3/c22-19(13-17(20(23)24)15-7-2-1-3-8-15)21-18-12-6-10-14-9-4-5-11-16(14)18/h1-12,17H,13H2,(H,21,22)(H,23,24)/p-1/t17-/m0/s1. The predicted octanol–water partition coefficient (Wildman–Crippen LogP) is 2.70. The molecule has 0 heterocycles. The molecule has 0 aliphatic rings. The van der Waals surface area contributed by atoms with Crippen molar-refractivity contribution in [2.75, 3.05) is 5.32 Å². The maximum absolute atomic E-state index is 12.3. The van der Waals surface area contributed by atoms with E-state index < -0.39 is 11.9 Å². The summed E-state index contributed by atoms with van der Waals surface area (Å²) in [4.78, 5) is 23.8. The van der Waals surface area contributed by atoms with E-state index in [4.69, 9.17) is 0 Å². The first-order valence-corrected chi connectivity index (χ1v) is 7.68. The Hall–Kier alpha value is -3.14. The van der Waals surface area contributed by atoms with E-state index in [1.807, 2.05) is 36.4 Å². The zero-order valence-electron chi connectivity index (χ0n) is 12.9. The van der Waals surface area contributed by atoms with Gasteiger partial charge in [-0.1, -0.05) is 66.7 Å². The van der Waals surface area contributed by atoms with Crippen molar-refractivity contribution < 1.29 is 14.7 Å². The number of aliphatic carboxylic acids is 1. The molecule has 0 fully saturated rings. The number of carbonyl (C=O) groups is 2. The minimum atomic E-state index is -1.26. The van der Waals surface area contributed by atoms with Crippen LogP contribution >= 0.6 is 0 Å². The summed E-state index contributed by atoms with van der Waals surface area (Å²) in [6.07, 6.45) is -0.171. The number of benzene rings is 3. The van der Waals surface area contributed by atoms with Crippen LogP contribution in [0.4, 0.5) is 5.69 Å². The Morgan fingerprint density at radius 3 is 2.29 bits per heavy atom. The van der Waals surface area contributed by atoms with Gasteiger partial charge in [0.05, 0.1) is 0 Å². The van der Waals surface area contributed by atoms with E-state index in [0.29, 0.717) is 11.3 Å². The molecule has 3 aromatic carbocycles. The van der Waals surface area contributed by atoms with Crippen molar-refractivity contribution in [3.8, 4) is 0 Å². The molecule has 0 unspecified atom stereocenters. The van der Waals surface area contributed by atoms with Crippen LogP contribution in [0, 0.1) is 0 Å². The molecule has 1 N–H and O–H groups in total. The third-order valence-electron chi connectivity index (χ3n) is 3.94. The van der Waals surface area contributed by atoms with Gasteiger partial charge in [-0.25, -0.2) is 0 Å². The van der Waals surface area contributed by atoms with Crippen molar-refractivity contribution >= 4 is 28.3 Å². The number of anilines is 1. The normalized spacial score (nSPS) is 11.8. The number of amides is 1. The molecular formula is C20H16NO3-. The summed E-state index contributed by atoms with van der Waals surface area (Å²) in [5, 5.41) is 16.1. The minimum Gasteiger partial charge on any atom is -0.549 e. The lowest BCUT2D eigenvalue weighted by molar-refractivity contribution is -0.308. The van der Waals surface area contributed by atoms with Gasteiger partial charge in [0.1, 0.15) is 0 Å². The van der Waals surface area contributed by atoms with Gasteiger partial charge in [-0.3, -0.25) is 4.79 Å². The summed E-state index contributed by atoms with van der Waals surface area (Å²) < 4.78 is 0. The van der Waals surface area contributed by atoms with Crippen molar-refractivity contribution in [1.29, 1.82) is 0 Å². The van der Waals surface area contributed by atoms with Crippen LogP contribution in [0.25, 0.3) is 10.8 Å². The largest absolute Gasteiger partial charge is 0.549 e. The highest BCUT2D eigenvalue weighted by molar-refractivity contribution is 6.03. The van der Waals surface area contributed by atoms with Crippen LogP contribution in [-0.2, 0) is 9.59 Å². The van der Waals surface area contributed by atoms with Crippen LogP contribution in [0.5, 0.6) is 0 Å². The van der Waals surface area contributed by atoms with E-state index in [1.54, 1.807) is 36.4 Å². The van der Waals surface area contributed by atoms with Gasteiger partial charge in [0.15, 0.2) is 0 Å². The number of hydrogen-bond donors (Lipinski definition) is 1. The summed E-state index contributed by atoms with van der Waals surface area (Å²) in [5.41, 5.74) is 1.23. The summed E-state index contributed by atoms with van der Waals surface area (Å²) >= 11 is 0. The fourth-order valence-corrected chi connectivity index (χ4v) is 2.74. The average molecular weight is 318 g/mol. The van der Waals surface area contributed by atoms with E-state index in [1.165, 1.54) is 0 Å². The van der Waals surface area contributed by atoms with Crippen LogP contribution in [0.2, 0.25) is 0 Å². The zero-order chi connectivity index (χ0) is 16.9. The molecule has 0 radical (unpaired) electrons. The Morgan fingerprint density at radius 2 is 1.54 bits per heavy atom. The molecule has 0 aliphatic carbocycles. The van der Waals surface area contributed by atoms with Gasteiger partial charge in [0.25, 0.3) is 0 Å². The third-order valence-corrected chi connectivity index (χ3v) is 3.94. The molecule has 120 valence electrons. The molecule has 0 saturated heterocycles. The van der Waals surface area contributed by atoms with Crippen molar-refractivity contribution in [2.24, 2.45) is 0 Å². The molecular weight excluding hydrogens is 302 g/mol. The van der Waals surface area contributed by atoms with Crippen molar-refractivity contribution in [3.05, 3.63) is 78.4 Å². The SMILES string of the molecule is O=C(C[C@H](C(=O)[O-])c1ccccc1)Nc1cccc2ccccc12.